The van der Waals surface area contributed by atoms with Crippen molar-refractivity contribution in [2.75, 3.05) is 0 Å². The van der Waals surface area contributed by atoms with Crippen LogP contribution in [0.25, 0.3) is 0 Å². The van der Waals surface area contributed by atoms with Gasteiger partial charge in [0, 0.05) is 6.42 Å². The van der Waals surface area contributed by atoms with Crippen molar-refractivity contribution in [3.05, 3.63) is 0 Å². The predicted molar refractivity (Wildman–Crippen MR) is 177 cm³/mol. The zero-order valence-corrected chi connectivity index (χ0v) is 29.5. The van der Waals surface area contributed by atoms with E-state index in [1.807, 2.05) is 21.3 Å². The van der Waals surface area contributed by atoms with Gasteiger partial charge in [-0.05, 0) is 13.3 Å². The summed E-state index contributed by atoms with van der Waals surface area (Å²) >= 11 is 0. The molecule has 0 aliphatic carbocycles. The molecule has 0 fully saturated rings. The highest BCUT2D eigenvalue weighted by atomic mass is 16.4. The minimum Gasteiger partial charge on any atom is -0.481 e. The molecule has 0 aromatic carbocycles. The highest BCUT2D eigenvalue weighted by Gasteiger charge is 2.37. The van der Waals surface area contributed by atoms with Crippen molar-refractivity contribution >= 4 is 77.2 Å². The van der Waals surface area contributed by atoms with Gasteiger partial charge in [0.1, 0.15) is 36.3 Å². The highest BCUT2D eigenvalue weighted by Crippen LogP contribution is 2.07. The van der Waals surface area contributed by atoms with Gasteiger partial charge >= 0.3 is 41.8 Å². The molecule has 0 aliphatic rings. The van der Waals surface area contributed by atoms with E-state index in [-0.39, 0.29) is 0 Å². The van der Waals surface area contributed by atoms with Crippen molar-refractivity contribution in [3.8, 4) is 0 Å². The van der Waals surface area contributed by atoms with Gasteiger partial charge in [0.05, 0.1) is 44.2 Å². The van der Waals surface area contributed by atoms with Crippen molar-refractivity contribution in [3.63, 3.8) is 0 Å². The van der Waals surface area contributed by atoms with Gasteiger partial charge in [0.2, 0.25) is 35.4 Å². The zero-order chi connectivity index (χ0) is 44.3. The fraction of sp³-hybridized carbons (Fsp3) is 0.552. The molecule has 0 rings (SSSR count). The number of hydrogen-bond acceptors (Lipinski definition) is 15. The maximum Gasteiger partial charge on any atom is 0.326 e. The second-order valence-electron chi connectivity index (χ2n) is 11.9. The van der Waals surface area contributed by atoms with E-state index < -0.39 is 171 Å². The number of carboxylic acids is 7. The number of aliphatic carboxylic acids is 7. The number of aliphatic hydroxyl groups excluding tert-OH is 1. The van der Waals surface area contributed by atoms with Crippen molar-refractivity contribution in [2.24, 2.45) is 5.73 Å². The highest BCUT2D eigenvalue weighted by molar-refractivity contribution is 5.99. The second-order valence-corrected chi connectivity index (χ2v) is 11.9. The maximum absolute atomic E-state index is 13.3. The summed E-state index contributed by atoms with van der Waals surface area (Å²) < 4.78 is 0. The predicted octanol–water partition coefficient (Wildman–Crippen LogP) is -7.07. The third-order valence-electron chi connectivity index (χ3n) is 7.10. The molecule has 16 N–H and O–H groups in total. The van der Waals surface area contributed by atoms with Crippen molar-refractivity contribution in [2.45, 2.75) is 100 Å². The van der Waals surface area contributed by atoms with Gasteiger partial charge in [-0.15, -0.1) is 0 Å². The van der Waals surface area contributed by atoms with E-state index in [1.54, 1.807) is 10.6 Å². The lowest BCUT2D eigenvalue weighted by atomic mass is 10.1. The first-order valence-electron chi connectivity index (χ1n) is 16.0. The number of aliphatic hydroxyl groups is 1. The summed E-state index contributed by atoms with van der Waals surface area (Å²) in [5.41, 5.74) is 5.41. The summed E-state index contributed by atoms with van der Waals surface area (Å²) in [5.74, 6) is -21.0. The first-order chi connectivity index (χ1) is 26.2. The fourth-order valence-corrected chi connectivity index (χ4v) is 4.36. The van der Waals surface area contributed by atoms with E-state index in [0.717, 1.165) is 6.92 Å². The van der Waals surface area contributed by atoms with Crippen LogP contribution in [0.3, 0.4) is 0 Å². The van der Waals surface area contributed by atoms with Crippen LogP contribution < -0.4 is 37.6 Å². The number of hydrogen-bond donors (Lipinski definition) is 15. The van der Waals surface area contributed by atoms with E-state index in [9.17, 15) is 87.9 Å². The molecule has 28 nitrogen and oxygen atoms in total. The monoisotopic (exact) mass is 823 g/mol. The largest absolute Gasteiger partial charge is 0.481 e. The average molecular weight is 824 g/mol. The molecule has 0 unspecified atom stereocenters. The van der Waals surface area contributed by atoms with E-state index in [2.05, 4.69) is 0 Å². The SMILES string of the molecule is C[C@@H](O)[C@H](NC(=O)[C@H](CC(=O)O)NC(=O)[C@H](CC(=O)O)NC(=O)[C@H](CCC(=O)O)NC(=O)[C@H](CC(=O)O)NC(=O)[C@@H](N)CC(=O)O)C(=O)N[C@@H](CC(=O)O)C(=O)O. The topological polar surface area (TPSA) is 482 Å². The number of carbonyl (C=O) groups is 13. The number of amides is 6. The Hall–Kier alpha value is -6.97. The van der Waals surface area contributed by atoms with Crippen LogP contribution in [0.1, 0.15) is 51.9 Å². The van der Waals surface area contributed by atoms with Gasteiger partial charge in [0.25, 0.3) is 0 Å². The van der Waals surface area contributed by atoms with Crippen LogP contribution >= 0.6 is 0 Å². The lowest BCUT2D eigenvalue weighted by molar-refractivity contribution is -0.148. The Labute approximate surface area is 318 Å². The molecule has 0 saturated heterocycles. The van der Waals surface area contributed by atoms with Crippen LogP contribution in [0.2, 0.25) is 0 Å². The summed E-state index contributed by atoms with van der Waals surface area (Å²) in [5, 5.41) is 85.0. The normalized spacial score (nSPS) is 14.9. The quantitative estimate of drug-likeness (QED) is 0.0366. The molecule has 28 heteroatoms. The summed E-state index contributed by atoms with van der Waals surface area (Å²) in [4.78, 5) is 157. The fourth-order valence-electron chi connectivity index (χ4n) is 4.36. The third-order valence-corrected chi connectivity index (χ3v) is 7.10. The van der Waals surface area contributed by atoms with Crippen LogP contribution in [-0.2, 0) is 62.3 Å². The van der Waals surface area contributed by atoms with Gasteiger partial charge in [-0.2, -0.15) is 0 Å². The summed E-state index contributed by atoms with van der Waals surface area (Å²) in [6.45, 7) is 0.895. The molecule has 8 atom stereocenters. The molecule has 57 heavy (non-hydrogen) atoms. The summed E-state index contributed by atoms with van der Waals surface area (Å²) in [6.07, 6.45) is -9.58. The Morgan fingerprint density at radius 1 is 0.421 bits per heavy atom. The molecule has 0 aliphatic heterocycles. The smallest absolute Gasteiger partial charge is 0.326 e. The average Bonchev–Trinajstić information content (AvgIpc) is 3.05. The third kappa shape index (κ3) is 19.8. The van der Waals surface area contributed by atoms with Crippen molar-refractivity contribution in [1.29, 1.82) is 0 Å². The van der Waals surface area contributed by atoms with Crippen molar-refractivity contribution in [1.82, 2.24) is 31.9 Å². The van der Waals surface area contributed by atoms with Gasteiger partial charge in [-0.3, -0.25) is 57.5 Å². The second kappa shape index (κ2) is 23.7. The molecule has 0 radical (unpaired) electrons. The number of nitrogens with one attached hydrogen (secondary N) is 6. The molecule has 0 heterocycles. The Balaban J connectivity index is 6.42. The Bertz CT molecular complexity index is 1600. The molecule has 0 aromatic heterocycles. The van der Waals surface area contributed by atoms with Crippen LogP contribution in [-0.4, -0.2) is 166 Å². The Morgan fingerprint density at radius 2 is 0.737 bits per heavy atom. The van der Waals surface area contributed by atoms with Gasteiger partial charge in [-0.25, -0.2) is 4.79 Å². The number of rotatable bonds is 27. The lowest BCUT2D eigenvalue weighted by Gasteiger charge is -2.27. The van der Waals surface area contributed by atoms with Crippen LogP contribution in [0.4, 0.5) is 0 Å². The first kappa shape index (κ1) is 50.0. The standard InChI is InChI=1S/C29H41N7O21/c1-9(37)22(28(55)35-15(29(56)57)8-21(48)49)36-27(54)14(7-20(46)47)34-26(53)13(6-19(44)45)33-24(51)11(2-3-16(38)39)31-25(52)12(5-18(42)43)32-23(50)10(30)4-17(40)41/h9-15,22,37H,2-8,30H2,1H3,(H,31,52)(H,32,50)(H,33,51)(H,34,53)(H,35,55)(H,36,54)(H,38,39)(H,40,41)(H,42,43)(H,44,45)(H,46,47)(H,48,49)(H,56,57)/t9-,10+,11+,12+,13+,14+,15+,22+/m1/s1. The first-order valence-corrected chi connectivity index (χ1v) is 16.0. The number of nitrogens with two attached hydrogens (primary N) is 1. The number of carbonyl (C=O) groups excluding carboxylic acids is 6. The summed E-state index contributed by atoms with van der Waals surface area (Å²) in [6, 6.07) is -14.6. The Kier molecular flexibility index (Phi) is 20.8. The maximum atomic E-state index is 13.3. The number of carboxylic acid groups (broad SMARTS) is 7. The minimum absolute atomic E-state index is 0.831. The molecule has 0 saturated carbocycles. The van der Waals surface area contributed by atoms with Crippen LogP contribution in [0.15, 0.2) is 0 Å². The molecule has 318 valence electrons. The van der Waals surface area contributed by atoms with Crippen LogP contribution in [0.5, 0.6) is 0 Å². The molecule has 0 bridgehead atoms. The molecule has 0 aromatic rings. The lowest BCUT2D eigenvalue weighted by Crippen LogP contribution is -2.61. The van der Waals surface area contributed by atoms with Crippen molar-refractivity contribution < 1.29 is 103 Å². The van der Waals surface area contributed by atoms with Gasteiger partial charge < -0.3 is 78.5 Å². The van der Waals surface area contributed by atoms with E-state index in [0.29, 0.717) is 0 Å². The molecule has 6 amide bonds. The molecule has 0 spiro atoms. The zero-order valence-electron chi connectivity index (χ0n) is 29.5. The Morgan fingerprint density at radius 3 is 1.09 bits per heavy atom. The van der Waals surface area contributed by atoms with Gasteiger partial charge in [-0.1, -0.05) is 0 Å². The van der Waals surface area contributed by atoms with E-state index in [1.165, 1.54) is 0 Å². The van der Waals surface area contributed by atoms with E-state index in [4.69, 9.17) is 21.1 Å². The minimum atomic E-state index is -2.27. The summed E-state index contributed by atoms with van der Waals surface area (Å²) in [7, 11) is 0. The molecular weight excluding hydrogens is 782 g/mol. The van der Waals surface area contributed by atoms with E-state index >= 15 is 0 Å². The molecular formula is C29H41N7O21. The van der Waals surface area contributed by atoms with Crippen LogP contribution in [0, 0.1) is 0 Å². The van der Waals surface area contributed by atoms with Gasteiger partial charge in [0.15, 0.2) is 0 Å².